The summed E-state index contributed by atoms with van der Waals surface area (Å²) < 4.78 is 0. The van der Waals surface area contributed by atoms with E-state index in [0.717, 1.165) is 45.3 Å². The first-order valence-electron chi connectivity index (χ1n) is 13.1. The fraction of sp³-hybridized carbons (Fsp3) is 0.793. The van der Waals surface area contributed by atoms with Crippen molar-refractivity contribution in [3.63, 3.8) is 0 Å². The van der Waals surface area contributed by atoms with E-state index in [4.69, 9.17) is 4.79 Å². The summed E-state index contributed by atoms with van der Waals surface area (Å²) in [6.45, 7) is 11.3. The van der Waals surface area contributed by atoms with Gasteiger partial charge >= 0.3 is 0 Å². The van der Waals surface area contributed by atoms with Gasteiger partial charge in [0.25, 0.3) is 0 Å². The molecule has 9 nitrogen and oxygen atoms in total. The molecule has 2 unspecified atom stereocenters. The van der Waals surface area contributed by atoms with Crippen LogP contribution in [0.3, 0.4) is 0 Å². The Morgan fingerprint density at radius 2 is 1.15 bits per heavy atom. The van der Waals surface area contributed by atoms with Crippen molar-refractivity contribution >= 4 is 36.7 Å². The predicted molar refractivity (Wildman–Crippen MR) is 156 cm³/mol. The van der Waals surface area contributed by atoms with Gasteiger partial charge < -0.3 is 43.9 Å². The number of unbranched alkanes of at least 4 members (excludes halogenated alkanes) is 2. The zero-order valence-electron chi connectivity index (χ0n) is 26.9. The van der Waals surface area contributed by atoms with Crippen molar-refractivity contribution in [1.82, 2.24) is 15.1 Å². The maximum absolute atomic E-state index is 10.8. The number of nitrogens with one attached hydrogen (secondary N) is 1. The third kappa shape index (κ3) is 71.4. The van der Waals surface area contributed by atoms with Crippen LogP contribution in [0.15, 0.2) is 0 Å². The van der Waals surface area contributed by atoms with Gasteiger partial charge in [-0.25, -0.2) is 0 Å². The summed E-state index contributed by atoms with van der Waals surface area (Å²) in [6.07, 6.45) is 12.8. The van der Waals surface area contributed by atoms with Crippen LogP contribution in [0.4, 0.5) is 0 Å². The van der Waals surface area contributed by atoms with E-state index < -0.39 is 0 Å². The molecule has 232 valence electrons. The molecule has 0 amide bonds. The summed E-state index contributed by atoms with van der Waals surface area (Å²) in [6, 6.07) is 0. The molecular weight excluding hydrogens is 664 g/mol. The number of carbonyl (C=O) groups is 2. The van der Waals surface area contributed by atoms with Gasteiger partial charge in [0, 0.05) is 84.8 Å². The van der Waals surface area contributed by atoms with Crippen LogP contribution in [-0.2, 0) is 94.2 Å². The second-order valence-electron chi connectivity index (χ2n) is 9.28. The second-order valence-corrected chi connectivity index (χ2v) is 9.28. The summed E-state index contributed by atoms with van der Waals surface area (Å²) in [7, 11) is 9.75. The smallest absolute Gasteiger partial charge is 0.130 e. The molecular formula is C29H55N3O6Y2-4. The van der Waals surface area contributed by atoms with Gasteiger partial charge in [-0.2, -0.15) is 13.3 Å². The quantitative estimate of drug-likeness (QED) is 0.179. The van der Waals surface area contributed by atoms with Crippen LogP contribution in [-0.4, -0.2) is 101 Å². The summed E-state index contributed by atoms with van der Waals surface area (Å²) >= 11 is 0. The molecule has 0 saturated heterocycles. The molecule has 0 aromatic rings. The third-order valence-corrected chi connectivity index (χ3v) is 4.46. The first kappa shape index (κ1) is 56.0. The molecule has 0 aromatic heterocycles. The van der Waals surface area contributed by atoms with Crippen LogP contribution in [0, 0.1) is 11.8 Å². The Hall–Kier alpha value is 0.108. The molecule has 2 radical (unpaired) electrons. The average molecular weight is 720 g/mol. The second kappa shape index (κ2) is 48.8. The molecule has 0 aliphatic carbocycles. The van der Waals surface area contributed by atoms with Crippen LogP contribution in [0.5, 0.6) is 0 Å². The standard InChI is InChI=1S/C9H16NO2.C9H19NO.C5H9O.C4H8NO.C2H3O.2Y/c1-8(12)6-9(4-5-11)7-10(2)3;1-5-9(6-8(2)11)7-10(3)4;1-2-3-4-5-6;1-5-3-2-4-6;1-2-3;;/h9H,4,6-7H2,1-3H3;9H,5-7H2,1-4H3;2-4H2,1H3;5H,2-3H2,1H3;1H3;;/q-1;;3*-1;;. The van der Waals surface area contributed by atoms with Gasteiger partial charge in [-0.05, 0) is 74.0 Å². The zero-order chi connectivity index (χ0) is 30.8. The van der Waals surface area contributed by atoms with Crippen molar-refractivity contribution in [2.75, 3.05) is 54.9 Å². The van der Waals surface area contributed by atoms with E-state index in [-0.39, 0.29) is 77.1 Å². The number of carbonyl (C=O) groups excluding carboxylic acids is 6. The van der Waals surface area contributed by atoms with Gasteiger partial charge in [0.05, 0.1) is 0 Å². The summed E-state index contributed by atoms with van der Waals surface area (Å²) in [5, 5.41) is 2.81. The number of nitrogens with zero attached hydrogens (tertiary/aromatic N) is 2. The van der Waals surface area contributed by atoms with Crippen molar-refractivity contribution in [2.45, 2.75) is 86.0 Å². The Morgan fingerprint density at radius 3 is 1.38 bits per heavy atom. The monoisotopic (exact) mass is 719 g/mol. The van der Waals surface area contributed by atoms with E-state index in [2.05, 4.69) is 24.1 Å². The fourth-order valence-electron chi connectivity index (χ4n) is 2.93. The van der Waals surface area contributed by atoms with E-state index in [0.29, 0.717) is 37.4 Å². The number of hydrogen-bond donors (Lipinski definition) is 1. The van der Waals surface area contributed by atoms with Gasteiger partial charge in [0.1, 0.15) is 11.6 Å². The fourth-order valence-corrected chi connectivity index (χ4v) is 2.93. The average Bonchev–Trinajstić information content (AvgIpc) is 2.81. The van der Waals surface area contributed by atoms with Crippen LogP contribution in [0.2, 0.25) is 0 Å². The van der Waals surface area contributed by atoms with E-state index in [1.54, 1.807) is 27.2 Å². The Bertz CT molecular complexity index is 554. The summed E-state index contributed by atoms with van der Waals surface area (Å²) in [5.41, 5.74) is 0. The maximum atomic E-state index is 10.8. The number of rotatable bonds is 17. The van der Waals surface area contributed by atoms with Gasteiger partial charge in [-0.15, -0.1) is 12.8 Å². The minimum Gasteiger partial charge on any atom is -0.542 e. The van der Waals surface area contributed by atoms with E-state index in [1.807, 2.05) is 45.7 Å². The molecule has 0 heterocycles. The Labute approximate surface area is 296 Å². The Balaban J connectivity index is -0.0000000717. The van der Waals surface area contributed by atoms with Gasteiger partial charge in [0.15, 0.2) is 0 Å². The third-order valence-electron chi connectivity index (χ3n) is 4.46. The predicted octanol–water partition coefficient (Wildman–Crippen LogP) is 3.30. The minimum atomic E-state index is 0. The number of Topliss-reactive ketones (excluding diaryl/α,β-unsaturated/α-hetero) is 2. The molecule has 40 heavy (non-hydrogen) atoms. The van der Waals surface area contributed by atoms with E-state index in [9.17, 15) is 24.0 Å². The van der Waals surface area contributed by atoms with Gasteiger partial charge in [-0.1, -0.05) is 33.1 Å². The number of ketones is 2. The van der Waals surface area contributed by atoms with Crippen molar-refractivity contribution < 1.29 is 94.2 Å². The molecule has 0 aliphatic rings. The van der Waals surface area contributed by atoms with Crippen molar-refractivity contribution in [3.05, 3.63) is 0 Å². The first-order valence-corrected chi connectivity index (χ1v) is 13.1. The van der Waals surface area contributed by atoms with Crippen LogP contribution < -0.4 is 5.32 Å². The van der Waals surface area contributed by atoms with Crippen molar-refractivity contribution in [3.8, 4) is 0 Å². The summed E-state index contributed by atoms with van der Waals surface area (Å²) in [4.78, 5) is 63.3. The molecule has 0 aromatic carbocycles. The normalized spacial score (nSPS) is 10.4. The largest absolute Gasteiger partial charge is 0.542 e. The zero-order valence-corrected chi connectivity index (χ0v) is 32.6. The van der Waals surface area contributed by atoms with E-state index in [1.165, 1.54) is 13.2 Å². The maximum Gasteiger partial charge on any atom is 0.130 e. The van der Waals surface area contributed by atoms with Crippen LogP contribution >= 0.6 is 0 Å². The molecule has 0 rings (SSSR count). The SMILES string of the molecule is CC(=O)CC(C[C-]=O)CN(C)C.CCC(CC(C)=O)CN(C)C.CCCC[C-]=O.CNCC[C-]=O.C[C-]=O.[Y].[Y]. The molecule has 2 atom stereocenters. The first-order chi connectivity index (χ1) is 17.9. The molecule has 0 bridgehead atoms. The van der Waals surface area contributed by atoms with Gasteiger partial charge in [0.2, 0.25) is 0 Å². The van der Waals surface area contributed by atoms with Crippen molar-refractivity contribution in [1.29, 1.82) is 0 Å². The van der Waals surface area contributed by atoms with Crippen molar-refractivity contribution in [2.24, 2.45) is 11.8 Å². The molecule has 0 aliphatic heterocycles. The molecule has 11 heteroatoms. The Morgan fingerprint density at radius 1 is 0.750 bits per heavy atom. The molecule has 0 fully saturated rings. The molecule has 0 spiro atoms. The van der Waals surface area contributed by atoms with E-state index >= 15 is 0 Å². The number of hydrogen-bond acceptors (Lipinski definition) is 9. The van der Waals surface area contributed by atoms with Gasteiger partial charge in [-0.3, -0.25) is 25.1 Å². The summed E-state index contributed by atoms with van der Waals surface area (Å²) in [5.74, 6) is 1.12. The van der Waals surface area contributed by atoms with Crippen LogP contribution in [0.1, 0.15) is 86.0 Å². The Kier molecular flexibility index (Phi) is 68.3. The topological polar surface area (TPSA) is 121 Å². The molecule has 0 saturated carbocycles. The minimum absolute atomic E-state index is 0. The molecule has 1 N–H and O–H groups in total. The van der Waals surface area contributed by atoms with Crippen LogP contribution in [0.25, 0.3) is 0 Å².